The van der Waals surface area contributed by atoms with Crippen molar-refractivity contribution >= 4 is 17.5 Å². The first-order chi connectivity index (χ1) is 15.1. The Morgan fingerprint density at radius 2 is 2.03 bits per heavy atom. The van der Waals surface area contributed by atoms with Crippen LogP contribution in [0.4, 0.5) is 4.39 Å². The molecule has 1 aliphatic rings. The molecule has 31 heavy (non-hydrogen) atoms. The van der Waals surface area contributed by atoms with Gasteiger partial charge in [0.05, 0.1) is 17.8 Å². The maximum Gasteiger partial charge on any atom is 0.280 e. The van der Waals surface area contributed by atoms with E-state index in [0.29, 0.717) is 36.1 Å². The number of rotatable bonds is 4. The van der Waals surface area contributed by atoms with Crippen LogP contribution >= 0.6 is 11.6 Å². The van der Waals surface area contributed by atoms with Crippen molar-refractivity contribution in [3.63, 3.8) is 0 Å². The smallest absolute Gasteiger partial charge is 0.280 e. The minimum atomic E-state index is -0.591. The van der Waals surface area contributed by atoms with Gasteiger partial charge in [-0.15, -0.1) is 5.10 Å². The molecule has 4 aromatic rings. The topological polar surface area (TPSA) is 89.9 Å². The number of carbonyl (C=O) groups excluding carboxylic acids is 1. The van der Waals surface area contributed by atoms with E-state index in [1.807, 2.05) is 30.3 Å². The van der Waals surface area contributed by atoms with Crippen LogP contribution in [0.15, 0.2) is 59.3 Å². The van der Waals surface area contributed by atoms with E-state index in [2.05, 4.69) is 20.5 Å². The van der Waals surface area contributed by atoms with E-state index in [1.54, 1.807) is 15.8 Å². The van der Waals surface area contributed by atoms with Crippen molar-refractivity contribution in [3.05, 3.63) is 71.1 Å². The molecule has 156 valence electrons. The second-order valence-corrected chi connectivity index (χ2v) is 7.63. The molecule has 0 saturated carbocycles. The molecule has 2 aromatic carbocycles. The molecule has 1 amide bonds. The van der Waals surface area contributed by atoms with Crippen LogP contribution in [-0.4, -0.2) is 49.0 Å². The van der Waals surface area contributed by atoms with Crippen LogP contribution in [0.2, 0.25) is 5.02 Å². The lowest BCUT2D eigenvalue weighted by atomic mass is 10.2. The summed E-state index contributed by atoms with van der Waals surface area (Å²) in [6, 6.07) is 13.3. The zero-order chi connectivity index (χ0) is 21.4. The highest BCUT2D eigenvalue weighted by molar-refractivity contribution is 6.31. The van der Waals surface area contributed by atoms with Crippen LogP contribution in [0.1, 0.15) is 22.8 Å². The fraction of sp³-hybridized carbons (Fsp3) is 0.190. The van der Waals surface area contributed by atoms with Crippen molar-refractivity contribution in [1.82, 2.24) is 30.0 Å². The number of aromatic nitrogens is 5. The molecule has 0 aliphatic carbocycles. The highest BCUT2D eigenvalue weighted by Gasteiger charge is 2.30. The van der Waals surface area contributed by atoms with Gasteiger partial charge in [-0.1, -0.05) is 52.3 Å². The fourth-order valence-electron chi connectivity index (χ4n) is 3.56. The van der Waals surface area contributed by atoms with Gasteiger partial charge >= 0.3 is 0 Å². The second-order valence-electron chi connectivity index (χ2n) is 7.19. The number of amides is 1. The third-order valence-corrected chi connectivity index (χ3v) is 5.41. The Hall–Kier alpha value is -3.59. The van der Waals surface area contributed by atoms with E-state index in [4.69, 9.17) is 16.1 Å². The molecule has 3 heterocycles. The molecule has 0 bridgehead atoms. The molecule has 0 unspecified atom stereocenters. The number of benzene rings is 2. The molecule has 1 aliphatic heterocycles. The molecule has 1 atom stereocenters. The van der Waals surface area contributed by atoms with Crippen LogP contribution in [0.5, 0.6) is 0 Å². The van der Waals surface area contributed by atoms with Crippen molar-refractivity contribution in [2.24, 2.45) is 0 Å². The lowest BCUT2D eigenvalue weighted by molar-refractivity contribution is 0.0782. The van der Waals surface area contributed by atoms with Crippen LogP contribution in [0.3, 0.4) is 0 Å². The van der Waals surface area contributed by atoms with Crippen molar-refractivity contribution in [1.29, 1.82) is 0 Å². The second kappa shape index (κ2) is 7.92. The van der Waals surface area contributed by atoms with E-state index >= 15 is 0 Å². The van der Waals surface area contributed by atoms with Gasteiger partial charge in [0, 0.05) is 23.7 Å². The highest BCUT2D eigenvalue weighted by Crippen LogP contribution is 2.26. The van der Waals surface area contributed by atoms with Crippen molar-refractivity contribution in [2.75, 3.05) is 13.1 Å². The molecule has 1 fully saturated rings. The Bertz CT molecular complexity index is 1240. The molecular weight excluding hydrogens is 423 g/mol. The average Bonchev–Trinajstić information content (AvgIpc) is 3.55. The molecule has 5 rings (SSSR count). The normalized spacial score (nSPS) is 16.1. The summed E-state index contributed by atoms with van der Waals surface area (Å²) >= 11 is 5.91. The molecule has 2 aromatic heterocycles. The number of hydrogen-bond donors (Lipinski definition) is 0. The zero-order valence-corrected chi connectivity index (χ0v) is 16.9. The van der Waals surface area contributed by atoms with Crippen LogP contribution < -0.4 is 0 Å². The van der Waals surface area contributed by atoms with E-state index in [0.717, 1.165) is 5.56 Å². The summed E-state index contributed by atoms with van der Waals surface area (Å²) in [5.41, 5.74) is 1.25. The number of carbonyl (C=O) groups is 1. The number of halogens is 2. The quantitative estimate of drug-likeness (QED) is 0.480. The van der Waals surface area contributed by atoms with E-state index < -0.39 is 11.7 Å². The minimum Gasteiger partial charge on any atom is -0.336 e. The third kappa shape index (κ3) is 3.79. The fourth-order valence-corrected chi connectivity index (χ4v) is 3.73. The summed E-state index contributed by atoms with van der Waals surface area (Å²) in [6.45, 7) is 0.857. The molecule has 0 radical (unpaired) electrons. The lowest BCUT2D eigenvalue weighted by Crippen LogP contribution is -2.30. The van der Waals surface area contributed by atoms with Gasteiger partial charge < -0.3 is 9.42 Å². The Morgan fingerprint density at radius 3 is 2.87 bits per heavy atom. The summed E-state index contributed by atoms with van der Waals surface area (Å²) in [5.74, 6) is -0.262. The summed E-state index contributed by atoms with van der Waals surface area (Å²) in [6.07, 6.45) is 2.37. The largest absolute Gasteiger partial charge is 0.336 e. The Kier molecular flexibility index (Phi) is 4.95. The number of hydrogen-bond acceptors (Lipinski definition) is 6. The van der Waals surface area contributed by atoms with Gasteiger partial charge in [0.15, 0.2) is 5.69 Å². The van der Waals surface area contributed by atoms with Gasteiger partial charge in [-0.05, 0) is 24.6 Å². The zero-order valence-electron chi connectivity index (χ0n) is 16.2. The molecule has 0 N–H and O–H groups in total. The Labute approximate surface area is 181 Å². The first-order valence-corrected chi connectivity index (χ1v) is 10.0. The molecule has 10 heteroatoms. The summed E-state index contributed by atoms with van der Waals surface area (Å²) in [5, 5.41) is 12.6. The maximum absolute atomic E-state index is 14.1. The monoisotopic (exact) mass is 438 g/mol. The number of likely N-dealkylation sites (tertiary alicyclic amines) is 1. The van der Waals surface area contributed by atoms with Crippen molar-refractivity contribution in [2.45, 2.75) is 12.5 Å². The summed E-state index contributed by atoms with van der Waals surface area (Å²) in [7, 11) is 0. The van der Waals surface area contributed by atoms with Gasteiger partial charge in [-0.25, -0.2) is 9.07 Å². The van der Waals surface area contributed by atoms with Gasteiger partial charge in [-0.3, -0.25) is 4.79 Å². The lowest BCUT2D eigenvalue weighted by Gasteiger charge is -2.17. The van der Waals surface area contributed by atoms with Crippen LogP contribution in [0, 0.1) is 5.82 Å². The molecule has 8 nitrogen and oxygen atoms in total. The predicted molar refractivity (Wildman–Crippen MR) is 110 cm³/mol. The first-order valence-electron chi connectivity index (χ1n) is 9.64. The van der Waals surface area contributed by atoms with E-state index in [1.165, 1.54) is 18.2 Å². The minimum absolute atomic E-state index is 0.0354. The van der Waals surface area contributed by atoms with Gasteiger partial charge in [0.25, 0.3) is 11.8 Å². The molecule has 1 saturated heterocycles. The highest BCUT2D eigenvalue weighted by atomic mass is 35.5. The summed E-state index contributed by atoms with van der Waals surface area (Å²) in [4.78, 5) is 18.7. The van der Waals surface area contributed by atoms with Gasteiger partial charge in [0.1, 0.15) is 5.82 Å². The Morgan fingerprint density at radius 1 is 1.19 bits per heavy atom. The van der Waals surface area contributed by atoms with Crippen molar-refractivity contribution < 1.29 is 13.7 Å². The first kappa shape index (κ1) is 19.4. The predicted octanol–water partition coefficient (Wildman–Crippen LogP) is 3.87. The Balaban J connectivity index is 1.30. The average molecular weight is 439 g/mol. The molecule has 0 spiro atoms. The SMILES string of the molecule is O=C(c1cc(Cl)ccc1F)N1CC[C@H](n2cc(-c3nc(-c4ccccc4)no3)nn2)C1. The van der Waals surface area contributed by atoms with Gasteiger partial charge in [-0.2, -0.15) is 4.98 Å². The van der Waals surface area contributed by atoms with Crippen LogP contribution in [0.25, 0.3) is 23.0 Å². The molecular formula is C21H16ClFN6O2. The third-order valence-electron chi connectivity index (χ3n) is 5.17. The maximum atomic E-state index is 14.1. The standard InChI is InChI=1S/C21H16ClFN6O2/c22-14-6-7-17(23)16(10-14)21(30)28-9-8-15(11-28)29-12-18(25-27-29)20-24-19(26-31-20)13-4-2-1-3-5-13/h1-7,10,12,15H,8-9,11H2/t15-/m0/s1. The summed E-state index contributed by atoms with van der Waals surface area (Å²) < 4.78 is 21.0. The number of nitrogens with zero attached hydrogens (tertiary/aromatic N) is 6. The van der Waals surface area contributed by atoms with Crippen LogP contribution in [-0.2, 0) is 0 Å². The van der Waals surface area contributed by atoms with E-state index in [-0.39, 0.29) is 17.5 Å². The van der Waals surface area contributed by atoms with E-state index in [9.17, 15) is 9.18 Å². The van der Waals surface area contributed by atoms with Gasteiger partial charge in [0.2, 0.25) is 5.82 Å². The van der Waals surface area contributed by atoms with Crippen molar-refractivity contribution in [3.8, 4) is 23.0 Å².